The Labute approximate surface area is 147 Å². The Morgan fingerprint density at radius 3 is 2.46 bits per heavy atom. The van der Waals surface area contributed by atoms with Crippen LogP contribution in [-0.4, -0.2) is 61.5 Å². The van der Waals surface area contributed by atoms with E-state index < -0.39 is 0 Å². The Morgan fingerprint density at radius 1 is 1.12 bits per heavy atom. The number of carbonyl (C=O) groups is 1. The van der Waals surface area contributed by atoms with Crippen molar-refractivity contribution in [3.63, 3.8) is 0 Å². The third kappa shape index (κ3) is 4.97. The maximum Gasteiger partial charge on any atom is 0.253 e. The highest BCUT2D eigenvalue weighted by molar-refractivity contribution is 5.94. The van der Waals surface area contributed by atoms with Gasteiger partial charge in [0.25, 0.3) is 5.91 Å². The number of unbranched alkanes of at least 4 members (excludes halogenated alkanes) is 1. The maximum absolute atomic E-state index is 12.8. The van der Waals surface area contributed by atoms with Gasteiger partial charge in [-0.2, -0.15) is 0 Å². The minimum absolute atomic E-state index is 0.170. The highest BCUT2D eigenvalue weighted by Crippen LogP contribution is 2.17. The lowest BCUT2D eigenvalue weighted by Gasteiger charge is -2.25. The van der Waals surface area contributed by atoms with Crippen molar-refractivity contribution >= 4 is 11.6 Å². The van der Waals surface area contributed by atoms with E-state index in [9.17, 15) is 4.79 Å². The van der Waals surface area contributed by atoms with Gasteiger partial charge in [-0.05, 0) is 51.0 Å². The van der Waals surface area contributed by atoms with Crippen LogP contribution in [0.1, 0.15) is 50.4 Å². The lowest BCUT2D eigenvalue weighted by molar-refractivity contribution is 0.0759. The Morgan fingerprint density at radius 2 is 1.83 bits per heavy atom. The average molecular weight is 332 g/mol. The van der Waals surface area contributed by atoms with E-state index in [1.165, 1.54) is 18.5 Å². The van der Waals surface area contributed by atoms with Gasteiger partial charge >= 0.3 is 0 Å². The molecule has 2 rings (SSSR count). The summed E-state index contributed by atoms with van der Waals surface area (Å²) in [5, 5.41) is 0. The second kappa shape index (κ2) is 9.07. The second-order valence-corrected chi connectivity index (χ2v) is 7.10. The molecule has 0 unspecified atom stereocenters. The molecule has 1 aliphatic heterocycles. The molecule has 4 nitrogen and oxygen atoms in total. The fraction of sp³-hybridized carbons (Fsp3) is 0.650. The summed E-state index contributed by atoms with van der Waals surface area (Å²) in [6.07, 6.45) is 3.45. The number of carbonyl (C=O) groups excluding carboxylic acids is 1. The van der Waals surface area contributed by atoms with Crippen LogP contribution < -0.4 is 4.90 Å². The zero-order chi connectivity index (χ0) is 17.5. The van der Waals surface area contributed by atoms with E-state index in [1.54, 1.807) is 0 Å². The average Bonchev–Trinajstić information content (AvgIpc) is 2.85. The minimum Gasteiger partial charge on any atom is -0.375 e. The molecule has 0 bridgehead atoms. The van der Waals surface area contributed by atoms with Gasteiger partial charge < -0.3 is 9.80 Å². The summed E-state index contributed by atoms with van der Waals surface area (Å²) in [6, 6.07) is 8.65. The molecule has 0 aliphatic carbocycles. The van der Waals surface area contributed by atoms with E-state index in [4.69, 9.17) is 0 Å². The van der Waals surface area contributed by atoms with Crippen molar-refractivity contribution < 1.29 is 4.79 Å². The Hall–Kier alpha value is -1.55. The predicted octanol–water partition coefficient (Wildman–Crippen LogP) is 3.48. The zero-order valence-electron chi connectivity index (χ0n) is 15.8. The van der Waals surface area contributed by atoms with E-state index >= 15 is 0 Å². The molecule has 24 heavy (non-hydrogen) atoms. The molecule has 0 spiro atoms. The Bertz CT molecular complexity index is 512. The van der Waals surface area contributed by atoms with Crippen LogP contribution in [0.5, 0.6) is 0 Å². The fourth-order valence-corrected chi connectivity index (χ4v) is 3.22. The largest absolute Gasteiger partial charge is 0.375 e. The first-order valence-corrected chi connectivity index (χ1v) is 9.37. The van der Waals surface area contributed by atoms with E-state index in [1.807, 2.05) is 17.0 Å². The van der Waals surface area contributed by atoms with Gasteiger partial charge in [0.15, 0.2) is 0 Å². The summed E-state index contributed by atoms with van der Waals surface area (Å²) in [5.74, 6) is 0.170. The van der Waals surface area contributed by atoms with Gasteiger partial charge in [-0.15, -0.1) is 0 Å². The third-order valence-electron chi connectivity index (χ3n) is 4.95. The first-order valence-electron chi connectivity index (χ1n) is 9.37. The normalized spacial score (nSPS) is 16.3. The quantitative estimate of drug-likeness (QED) is 0.798. The molecule has 0 aromatic heterocycles. The lowest BCUT2D eigenvalue weighted by Crippen LogP contribution is -2.37. The molecule has 1 aromatic rings. The van der Waals surface area contributed by atoms with Gasteiger partial charge in [0.1, 0.15) is 0 Å². The molecular formula is C20H33N3O. The van der Waals surface area contributed by atoms with E-state index in [0.717, 1.165) is 44.7 Å². The van der Waals surface area contributed by atoms with E-state index in [0.29, 0.717) is 6.04 Å². The number of nitrogens with zero attached hydrogens (tertiary/aromatic N) is 3. The molecule has 134 valence electrons. The van der Waals surface area contributed by atoms with Crippen molar-refractivity contribution in [1.82, 2.24) is 9.80 Å². The van der Waals surface area contributed by atoms with Crippen LogP contribution >= 0.6 is 0 Å². The SMILES string of the molecule is CCCCN(C)c1ccc(C(=O)N2CCCN(C(C)C)CC2)cc1. The summed E-state index contributed by atoms with van der Waals surface area (Å²) in [5.41, 5.74) is 1.99. The number of anilines is 1. The summed E-state index contributed by atoms with van der Waals surface area (Å²) in [4.78, 5) is 19.5. The van der Waals surface area contributed by atoms with Gasteiger partial charge in [0.2, 0.25) is 0 Å². The van der Waals surface area contributed by atoms with E-state index in [2.05, 4.69) is 49.8 Å². The number of hydrogen-bond acceptors (Lipinski definition) is 3. The zero-order valence-corrected chi connectivity index (χ0v) is 15.8. The standard InChI is InChI=1S/C20H33N3O/c1-5-6-12-21(4)19-10-8-18(9-11-19)20(24)23-14-7-13-22(15-16-23)17(2)3/h8-11,17H,5-7,12-16H2,1-4H3. The molecule has 4 heteroatoms. The number of rotatable bonds is 6. The molecule has 0 atom stereocenters. The highest BCUT2D eigenvalue weighted by atomic mass is 16.2. The van der Waals surface area contributed by atoms with Crippen molar-refractivity contribution in [2.75, 3.05) is 44.7 Å². The van der Waals surface area contributed by atoms with Crippen molar-refractivity contribution in [2.45, 2.75) is 46.1 Å². The molecule has 1 fully saturated rings. The highest BCUT2D eigenvalue weighted by Gasteiger charge is 2.21. The van der Waals surface area contributed by atoms with Crippen LogP contribution in [0.4, 0.5) is 5.69 Å². The van der Waals surface area contributed by atoms with Crippen LogP contribution in [0, 0.1) is 0 Å². The second-order valence-electron chi connectivity index (χ2n) is 7.10. The predicted molar refractivity (Wildman–Crippen MR) is 102 cm³/mol. The molecule has 0 saturated carbocycles. The van der Waals surface area contributed by atoms with Gasteiger partial charge in [-0.3, -0.25) is 9.69 Å². The fourth-order valence-electron chi connectivity index (χ4n) is 3.22. The van der Waals surface area contributed by atoms with E-state index in [-0.39, 0.29) is 5.91 Å². The first-order chi connectivity index (χ1) is 11.5. The molecule has 1 heterocycles. The summed E-state index contributed by atoms with van der Waals surface area (Å²) < 4.78 is 0. The van der Waals surface area contributed by atoms with Crippen molar-refractivity contribution in [3.8, 4) is 0 Å². The van der Waals surface area contributed by atoms with Gasteiger partial charge in [0, 0.05) is 57.1 Å². The topological polar surface area (TPSA) is 26.8 Å². The molecule has 1 aromatic carbocycles. The summed E-state index contributed by atoms with van der Waals surface area (Å²) in [6.45, 7) is 11.5. The van der Waals surface area contributed by atoms with Crippen molar-refractivity contribution in [3.05, 3.63) is 29.8 Å². The molecule has 0 radical (unpaired) electrons. The van der Waals surface area contributed by atoms with Gasteiger partial charge in [-0.1, -0.05) is 13.3 Å². The van der Waals surface area contributed by atoms with Crippen molar-refractivity contribution in [2.24, 2.45) is 0 Å². The van der Waals surface area contributed by atoms with Crippen LogP contribution in [0.25, 0.3) is 0 Å². The van der Waals surface area contributed by atoms with Gasteiger partial charge in [0.05, 0.1) is 0 Å². The lowest BCUT2D eigenvalue weighted by atomic mass is 10.1. The summed E-state index contributed by atoms with van der Waals surface area (Å²) in [7, 11) is 2.11. The molecule has 1 saturated heterocycles. The number of amides is 1. The number of benzene rings is 1. The Balaban J connectivity index is 1.97. The van der Waals surface area contributed by atoms with Crippen LogP contribution in [0.2, 0.25) is 0 Å². The minimum atomic E-state index is 0.170. The van der Waals surface area contributed by atoms with Gasteiger partial charge in [-0.25, -0.2) is 0 Å². The smallest absolute Gasteiger partial charge is 0.253 e. The van der Waals surface area contributed by atoms with Crippen LogP contribution in [-0.2, 0) is 0 Å². The molecular weight excluding hydrogens is 298 g/mol. The monoisotopic (exact) mass is 331 g/mol. The summed E-state index contributed by atoms with van der Waals surface area (Å²) >= 11 is 0. The molecule has 0 N–H and O–H groups in total. The third-order valence-corrected chi connectivity index (χ3v) is 4.95. The van der Waals surface area contributed by atoms with Crippen molar-refractivity contribution in [1.29, 1.82) is 0 Å². The molecule has 1 aliphatic rings. The Kier molecular flexibility index (Phi) is 7.10. The maximum atomic E-state index is 12.8. The molecule has 1 amide bonds. The first kappa shape index (κ1) is 18.8. The van der Waals surface area contributed by atoms with Crippen LogP contribution in [0.15, 0.2) is 24.3 Å². The number of hydrogen-bond donors (Lipinski definition) is 0. The van der Waals surface area contributed by atoms with Crippen LogP contribution in [0.3, 0.4) is 0 Å².